The molecule has 2 heterocycles. The van der Waals surface area contributed by atoms with Gasteiger partial charge in [0.15, 0.2) is 10.8 Å². The van der Waals surface area contributed by atoms with Crippen LogP contribution in [0.4, 0.5) is 4.39 Å². The number of aliphatic carboxylic acids is 2. The molecule has 3 atom stereocenters. The maximum Gasteiger partial charge on any atom is 0.321 e. The Bertz CT molecular complexity index is 1200. The quantitative estimate of drug-likeness (QED) is 0.157. The molecule has 14 heteroatoms. The van der Waals surface area contributed by atoms with Crippen LogP contribution in [0.5, 0.6) is 5.06 Å². The van der Waals surface area contributed by atoms with Crippen molar-refractivity contribution in [2.45, 2.75) is 50.9 Å². The molecular weight excluding hydrogens is 581 g/mol. The zero-order valence-electron chi connectivity index (χ0n) is 21.8. The first kappa shape index (κ1) is 32.0. The monoisotopic (exact) mass is 613 g/mol. The van der Waals surface area contributed by atoms with Crippen LogP contribution in [-0.4, -0.2) is 68.9 Å². The summed E-state index contributed by atoms with van der Waals surface area (Å²) in [7, 11) is 2.41. The van der Waals surface area contributed by atoms with Crippen molar-refractivity contribution in [1.29, 1.82) is 0 Å². The molecule has 10 nitrogen and oxygen atoms in total. The fraction of sp³-hybridized carbons (Fsp3) is 0.462. The Kier molecular flexibility index (Phi) is 12.0. The van der Waals surface area contributed by atoms with E-state index in [1.807, 2.05) is 6.07 Å². The third-order valence-electron chi connectivity index (χ3n) is 6.14. The minimum atomic E-state index is -1.07. The van der Waals surface area contributed by atoms with Gasteiger partial charge in [-0.3, -0.25) is 24.1 Å². The lowest BCUT2D eigenvalue weighted by atomic mass is 9.95. The molecule has 40 heavy (non-hydrogen) atoms. The summed E-state index contributed by atoms with van der Waals surface area (Å²) < 4.78 is 19.6. The van der Waals surface area contributed by atoms with Crippen LogP contribution in [0.15, 0.2) is 30.3 Å². The number of nitrogens with two attached hydrogens (primary N) is 2. The molecule has 0 amide bonds. The predicted molar refractivity (Wildman–Crippen MR) is 153 cm³/mol. The molecule has 0 saturated heterocycles. The zero-order valence-corrected chi connectivity index (χ0v) is 24.2. The lowest BCUT2D eigenvalue weighted by Crippen LogP contribution is -2.38. The van der Waals surface area contributed by atoms with Gasteiger partial charge >= 0.3 is 17.9 Å². The molecule has 3 unspecified atom stereocenters. The molecule has 0 spiro atoms. The van der Waals surface area contributed by atoms with Crippen LogP contribution < -0.4 is 16.2 Å². The molecule has 2 aliphatic rings. The standard InChI is InChI=1S/C20H20FNO3S.C6H12N2O4S2/c1-12(23)25-18-10-14-11-22(9-8-17(14)26-18)19(20(24)13-6-7-13)15-4-2-3-5-16(15)21;7-3(5(9)10)1-13-14-2-4(8)6(11)12/h2-5,10,13,19H,6-9,11H2,1H3;3-4H,1-2,7-8H2,(H,9,10)(H,11,12). The van der Waals surface area contributed by atoms with E-state index in [4.69, 9.17) is 26.4 Å². The van der Waals surface area contributed by atoms with Gasteiger partial charge in [-0.2, -0.15) is 0 Å². The Morgan fingerprint density at radius 1 is 1.10 bits per heavy atom. The third-order valence-corrected chi connectivity index (χ3v) is 9.73. The van der Waals surface area contributed by atoms with E-state index in [-0.39, 0.29) is 35.0 Å². The molecular formula is C26H32FN3O7S3. The molecule has 1 fully saturated rings. The van der Waals surface area contributed by atoms with Gasteiger partial charge in [-0.15, -0.1) is 11.3 Å². The van der Waals surface area contributed by atoms with Gasteiger partial charge in [-0.05, 0) is 37.0 Å². The second kappa shape index (κ2) is 14.9. The Labute approximate surface area is 243 Å². The highest BCUT2D eigenvalue weighted by Crippen LogP contribution is 2.41. The summed E-state index contributed by atoms with van der Waals surface area (Å²) in [6, 6.07) is 6.04. The highest BCUT2D eigenvalue weighted by molar-refractivity contribution is 8.76. The summed E-state index contributed by atoms with van der Waals surface area (Å²) in [6.07, 6.45) is 2.57. The molecule has 6 N–H and O–H groups in total. The van der Waals surface area contributed by atoms with E-state index in [2.05, 4.69) is 4.90 Å². The maximum absolute atomic E-state index is 14.4. The Hall–Kier alpha value is -2.49. The summed E-state index contributed by atoms with van der Waals surface area (Å²) in [5.41, 5.74) is 11.9. The number of thiophene rings is 1. The normalized spacial score (nSPS) is 17.0. The first-order valence-corrected chi connectivity index (χ1v) is 15.8. The average Bonchev–Trinajstić information content (AvgIpc) is 3.67. The van der Waals surface area contributed by atoms with E-state index in [1.165, 1.54) is 50.8 Å². The van der Waals surface area contributed by atoms with Crippen LogP contribution in [-0.2, 0) is 32.1 Å². The minimum Gasteiger partial charge on any atom is -0.480 e. The number of carboxylic acid groups (broad SMARTS) is 2. The summed E-state index contributed by atoms with van der Waals surface area (Å²) in [5, 5.41) is 17.4. The highest BCUT2D eigenvalue weighted by atomic mass is 33.1. The van der Waals surface area contributed by atoms with Crippen LogP contribution >= 0.6 is 32.9 Å². The molecule has 0 radical (unpaired) electrons. The van der Waals surface area contributed by atoms with Crippen molar-refractivity contribution >= 4 is 56.6 Å². The number of Topliss-reactive ketones (excluding diaryl/α,β-unsaturated/α-hetero) is 1. The molecule has 0 bridgehead atoms. The van der Waals surface area contributed by atoms with Crippen molar-refractivity contribution in [2.24, 2.45) is 17.4 Å². The van der Waals surface area contributed by atoms with E-state index >= 15 is 0 Å². The van der Waals surface area contributed by atoms with Gasteiger partial charge in [0.1, 0.15) is 17.9 Å². The Morgan fingerprint density at radius 2 is 1.70 bits per heavy atom. The summed E-state index contributed by atoms with van der Waals surface area (Å²) in [5.74, 6) is -2.18. The van der Waals surface area contributed by atoms with Gasteiger partial charge in [0.2, 0.25) is 0 Å². The van der Waals surface area contributed by atoms with E-state index in [1.54, 1.807) is 18.2 Å². The maximum atomic E-state index is 14.4. The average molecular weight is 614 g/mol. The van der Waals surface area contributed by atoms with Crippen molar-refractivity contribution < 1.29 is 38.5 Å². The fourth-order valence-corrected chi connectivity index (χ4v) is 7.22. The number of ketones is 1. The molecule has 1 aromatic heterocycles. The molecule has 1 aliphatic carbocycles. The number of halogens is 1. The number of hydrogen-bond donors (Lipinski definition) is 4. The molecule has 1 saturated carbocycles. The SMILES string of the molecule is CC(=O)Oc1cc2c(s1)CCN(C(C(=O)C1CC1)c1ccccc1F)C2.NC(CSSCC(N)C(=O)O)C(=O)O. The lowest BCUT2D eigenvalue weighted by molar-refractivity contribution is -0.138. The fourth-order valence-electron chi connectivity index (χ4n) is 3.94. The van der Waals surface area contributed by atoms with Crippen LogP contribution in [0, 0.1) is 11.7 Å². The summed E-state index contributed by atoms with van der Waals surface area (Å²) >= 11 is 1.47. The van der Waals surface area contributed by atoms with Gasteiger partial charge in [-0.1, -0.05) is 39.8 Å². The predicted octanol–water partition coefficient (Wildman–Crippen LogP) is 3.08. The molecule has 218 valence electrons. The van der Waals surface area contributed by atoms with Crippen molar-refractivity contribution in [3.8, 4) is 5.06 Å². The van der Waals surface area contributed by atoms with Gasteiger partial charge in [0, 0.05) is 47.9 Å². The number of carboxylic acids is 2. The van der Waals surface area contributed by atoms with Crippen LogP contribution in [0.2, 0.25) is 0 Å². The minimum absolute atomic E-state index is 0.0556. The molecule has 1 aromatic carbocycles. The summed E-state index contributed by atoms with van der Waals surface area (Å²) in [4.78, 5) is 47.9. The van der Waals surface area contributed by atoms with Crippen molar-refractivity contribution in [3.05, 3.63) is 52.2 Å². The van der Waals surface area contributed by atoms with Crippen molar-refractivity contribution in [3.63, 3.8) is 0 Å². The first-order chi connectivity index (χ1) is 19.0. The Balaban J connectivity index is 0.000000270. The molecule has 1 aliphatic heterocycles. The number of benzene rings is 1. The number of fused-ring (bicyclic) bond motifs is 1. The number of carbonyl (C=O) groups excluding carboxylic acids is 2. The number of nitrogens with zero attached hydrogens (tertiary/aromatic N) is 1. The van der Waals surface area contributed by atoms with Gasteiger partial charge < -0.3 is 26.4 Å². The number of rotatable bonds is 12. The van der Waals surface area contributed by atoms with Crippen molar-refractivity contribution in [2.75, 3.05) is 18.1 Å². The molecule has 2 aromatic rings. The zero-order chi connectivity index (χ0) is 29.4. The van der Waals surface area contributed by atoms with Crippen LogP contribution in [0.25, 0.3) is 0 Å². The van der Waals surface area contributed by atoms with Gasteiger partial charge in [-0.25, -0.2) is 4.39 Å². The van der Waals surface area contributed by atoms with Crippen molar-refractivity contribution in [1.82, 2.24) is 4.90 Å². The van der Waals surface area contributed by atoms with Gasteiger partial charge in [0.25, 0.3) is 0 Å². The largest absolute Gasteiger partial charge is 0.480 e. The Morgan fingerprint density at radius 3 is 2.23 bits per heavy atom. The van der Waals surface area contributed by atoms with E-state index in [9.17, 15) is 23.6 Å². The highest BCUT2D eigenvalue weighted by Gasteiger charge is 2.40. The van der Waals surface area contributed by atoms with E-state index in [0.29, 0.717) is 23.7 Å². The number of hydrogen-bond acceptors (Lipinski definition) is 11. The number of esters is 1. The first-order valence-electron chi connectivity index (χ1n) is 12.5. The second-order valence-corrected chi connectivity index (χ2v) is 13.0. The van der Waals surface area contributed by atoms with E-state index in [0.717, 1.165) is 24.8 Å². The topological polar surface area (TPSA) is 173 Å². The number of ether oxygens (including phenoxy) is 1. The third kappa shape index (κ3) is 9.28. The summed E-state index contributed by atoms with van der Waals surface area (Å²) in [6.45, 7) is 2.63. The second-order valence-electron chi connectivity index (χ2n) is 9.39. The lowest BCUT2D eigenvalue weighted by Gasteiger charge is -2.34. The van der Waals surface area contributed by atoms with Gasteiger partial charge in [0.05, 0.1) is 6.04 Å². The van der Waals surface area contributed by atoms with E-state index < -0.39 is 30.1 Å². The van der Waals surface area contributed by atoms with Crippen LogP contribution in [0.3, 0.4) is 0 Å². The number of carbonyl (C=O) groups is 4. The van der Waals surface area contributed by atoms with Crippen LogP contribution in [0.1, 0.15) is 41.8 Å². The molecule has 4 rings (SSSR count). The smallest absolute Gasteiger partial charge is 0.321 e.